The molecule has 0 saturated heterocycles. The van der Waals surface area contributed by atoms with Gasteiger partial charge in [0.25, 0.3) is 0 Å². The molecule has 1 heterocycles. The first kappa shape index (κ1) is 16.6. The van der Waals surface area contributed by atoms with Crippen molar-refractivity contribution in [1.29, 1.82) is 0 Å². The molecule has 2 rings (SSSR count). The minimum absolute atomic E-state index is 0.0152. The van der Waals surface area contributed by atoms with Gasteiger partial charge in [-0.3, -0.25) is 4.99 Å². The average Bonchev–Trinajstić information content (AvgIpc) is 3.03. The average molecular weight is 338 g/mol. The van der Waals surface area contributed by atoms with Gasteiger partial charge in [0.15, 0.2) is 5.96 Å². The van der Waals surface area contributed by atoms with Crippen LogP contribution in [0.4, 0.5) is 0 Å². The van der Waals surface area contributed by atoms with Crippen molar-refractivity contribution in [1.82, 2.24) is 10.6 Å². The third-order valence-corrected chi connectivity index (χ3v) is 4.07. The van der Waals surface area contributed by atoms with Crippen molar-refractivity contribution in [3.8, 4) is 5.75 Å². The summed E-state index contributed by atoms with van der Waals surface area (Å²) in [6, 6.07) is 11.5. The summed E-state index contributed by atoms with van der Waals surface area (Å²) < 4.78 is 5.81. The van der Waals surface area contributed by atoms with Crippen molar-refractivity contribution in [3.05, 3.63) is 51.7 Å². The molecular weight excluding hydrogens is 318 g/mol. The van der Waals surface area contributed by atoms with Crippen LogP contribution >= 0.6 is 22.9 Å². The fourth-order valence-corrected chi connectivity index (χ4v) is 2.60. The molecule has 2 aromatic rings. The first-order valence-corrected chi connectivity index (χ1v) is 8.32. The van der Waals surface area contributed by atoms with E-state index < -0.39 is 0 Å². The van der Waals surface area contributed by atoms with Crippen molar-refractivity contribution in [2.45, 2.75) is 19.6 Å². The highest BCUT2D eigenvalue weighted by atomic mass is 35.5. The second-order valence-electron chi connectivity index (χ2n) is 4.77. The Balaban J connectivity index is 1.73. The van der Waals surface area contributed by atoms with E-state index in [2.05, 4.69) is 27.1 Å². The third kappa shape index (κ3) is 5.58. The number of hydrogen-bond acceptors (Lipinski definition) is 3. The normalized spacial score (nSPS) is 12.8. The topological polar surface area (TPSA) is 45.7 Å². The molecule has 0 aliphatic carbocycles. The number of thiophene rings is 1. The Morgan fingerprint density at radius 3 is 2.68 bits per heavy atom. The van der Waals surface area contributed by atoms with Crippen LogP contribution in [0.2, 0.25) is 5.02 Å². The van der Waals surface area contributed by atoms with Crippen molar-refractivity contribution >= 4 is 28.9 Å². The summed E-state index contributed by atoms with van der Waals surface area (Å²) in [7, 11) is 1.76. The first-order valence-electron chi connectivity index (χ1n) is 7.06. The van der Waals surface area contributed by atoms with Crippen LogP contribution in [0.3, 0.4) is 0 Å². The van der Waals surface area contributed by atoms with Crippen LogP contribution in [0.25, 0.3) is 0 Å². The van der Waals surface area contributed by atoms with E-state index in [1.807, 2.05) is 37.3 Å². The maximum atomic E-state index is 5.86. The second kappa shape index (κ2) is 8.66. The highest BCUT2D eigenvalue weighted by molar-refractivity contribution is 7.09. The molecule has 0 radical (unpaired) electrons. The van der Waals surface area contributed by atoms with Gasteiger partial charge in [-0.1, -0.05) is 17.7 Å². The zero-order chi connectivity index (χ0) is 15.8. The Morgan fingerprint density at radius 1 is 1.27 bits per heavy atom. The van der Waals surface area contributed by atoms with Crippen molar-refractivity contribution in [2.75, 3.05) is 13.6 Å². The maximum absolute atomic E-state index is 5.86. The van der Waals surface area contributed by atoms with Gasteiger partial charge in [-0.2, -0.15) is 0 Å². The predicted octanol–water partition coefficient (Wildman–Crippen LogP) is 3.53. The van der Waals surface area contributed by atoms with Gasteiger partial charge in [-0.15, -0.1) is 11.3 Å². The zero-order valence-electron chi connectivity index (χ0n) is 12.7. The Kier molecular flexibility index (Phi) is 6.55. The van der Waals surface area contributed by atoms with Gasteiger partial charge in [-0.25, -0.2) is 0 Å². The van der Waals surface area contributed by atoms with Crippen LogP contribution in [0.15, 0.2) is 46.8 Å². The van der Waals surface area contributed by atoms with Crippen LogP contribution in [0.5, 0.6) is 5.75 Å². The molecule has 6 heteroatoms. The van der Waals surface area contributed by atoms with E-state index in [0.717, 1.165) is 18.3 Å². The molecule has 1 unspecified atom stereocenters. The third-order valence-electron chi connectivity index (χ3n) is 2.94. The minimum Gasteiger partial charge on any atom is -0.489 e. The van der Waals surface area contributed by atoms with Crippen LogP contribution in [0.1, 0.15) is 11.8 Å². The smallest absolute Gasteiger partial charge is 0.191 e. The lowest BCUT2D eigenvalue weighted by atomic mass is 10.3. The molecule has 0 fully saturated rings. The lowest BCUT2D eigenvalue weighted by Crippen LogP contribution is -2.41. The van der Waals surface area contributed by atoms with E-state index >= 15 is 0 Å². The Labute approximate surface area is 140 Å². The maximum Gasteiger partial charge on any atom is 0.191 e. The molecule has 1 aromatic carbocycles. The van der Waals surface area contributed by atoms with Crippen molar-refractivity contribution in [2.24, 2.45) is 4.99 Å². The van der Waals surface area contributed by atoms with Gasteiger partial charge < -0.3 is 15.4 Å². The number of aliphatic imine (C=N–C) groups is 1. The number of guanidine groups is 1. The quantitative estimate of drug-likeness (QED) is 0.626. The van der Waals surface area contributed by atoms with Gasteiger partial charge >= 0.3 is 0 Å². The van der Waals surface area contributed by atoms with E-state index in [9.17, 15) is 0 Å². The van der Waals surface area contributed by atoms with E-state index in [4.69, 9.17) is 16.3 Å². The number of ether oxygens (including phenoxy) is 1. The first-order chi connectivity index (χ1) is 10.7. The number of nitrogens with zero attached hydrogens (tertiary/aromatic N) is 1. The number of hydrogen-bond donors (Lipinski definition) is 2. The molecule has 118 valence electrons. The lowest BCUT2D eigenvalue weighted by molar-refractivity contribution is 0.224. The number of rotatable bonds is 6. The molecule has 1 atom stereocenters. The SMILES string of the molecule is CN=C(NCc1cccs1)NCC(C)Oc1ccc(Cl)cc1. The molecule has 0 amide bonds. The van der Waals surface area contributed by atoms with E-state index in [0.29, 0.717) is 11.6 Å². The Hall–Kier alpha value is -1.72. The van der Waals surface area contributed by atoms with Crippen LogP contribution in [-0.2, 0) is 6.54 Å². The molecule has 2 N–H and O–H groups in total. The van der Waals surface area contributed by atoms with Gasteiger partial charge in [0, 0.05) is 16.9 Å². The summed E-state index contributed by atoms with van der Waals surface area (Å²) in [5, 5.41) is 9.30. The predicted molar refractivity (Wildman–Crippen MR) is 94.1 cm³/mol. The summed E-state index contributed by atoms with van der Waals surface area (Å²) >= 11 is 7.58. The number of benzene rings is 1. The van der Waals surface area contributed by atoms with Gasteiger partial charge in [0.1, 0.15) is 11.9 Å². The summed E-state index contributed by atoms with van der Waals surface area (Å²) in [5.41, 5.74) is 0. The zero-order valence-corrected chi connectivity index (χ0v) is 14.2. The summed E-state index contributed by atoms with van der Waals surface area (Å²) in [4.78, 5) is 5.48. The Morgan fingerprint density at radius 2 is 2.05 bits per heavy atom. The van der Waals surface area contributed by atoms with Crippen LogP contribution in [0, 0.1) is 0 Å². The summed E-state index contributed by atoms with van der Waals surface area (Å²) in [5.74, 6) is 1.57. The molecule has 0 bridgehead atoms. The van der Waals surface area contributed by atoms with Crippen LogP contribution < -0.4 is 15.4 Å². The van der Waals surface area contributed by atoms with Crippen molar-refractivity contribution in [3.63, 3.8) is 0 Å². The number of halogens is 1. The fraction of sp³-hybridized carbons (Fsp3) is 0.312. The Bertz CT molecular complexity index is 584. The van der Waals surface area contributed by atoms with Gasteiger partial charge in [0.2, 0.25) is 0 Å². The molecule has 0 saturated carbocycles. The monoisotopic (exact) mass is 337 g/mol. The summed E-state index contributed by atoms with van der Waals surface area (Å²) in [6.07, 6.45) is 0.0152. The highest BCUT2D eigenvalue weighted by Gasteiger charge is 2.06. The van der Waals surface area contributed by atoms with E-state index in [-0.39, 0.29) is 6.10 Å². The van der Waals surface area contributed by atoms with Gasteiger partial charge in [-0.05, 0) is 42.6 Å². The molecule has 1 aromatic heterocycles. The van der Waals surface area contributed by atoms with Crippen LogP contribution in [-0.4, -0.2) is 25.7 Å². The molecule has 0 aliphatic heterocycles. The fourth-order valence-electron chi connectivity index (χ4n) is 1.83. The molecule has 4 nitrogen and oxygen atoms in total. The summed E-state index contributed by atoms with van der Waals surface area (Å²) in [6.45, 7) is 3.44. The second-order valence-corrected chi connectivity index (χ2v) is 6.24. The standard InChI is InChI=1S/C16H20ClN3OS/c1-12(21-14-7-5-13(17)6-8-14)10-19-16(18-2)20-11-15-4-3-9-22-15/h3-9,12H,10-11H2,1-2H3,(H2,18,19,20). The molecule has 0 aliphatic rings. The molecule has 0 spiro atoms. The minimum atomic E-state index is 0.0152. The largest absolute Gasteiger partial charge is 0.489 e. The number of nitrogens with one attached hydrogen (secondary N) is 2. The van der Waals surface area contributed by atoms with E-state index in [1.165, 1.54) is 4.88 Å². The molecule has 22 heavy (non-hydrogen) atoms. The highest BCUT2D eigenvalue weighted by Crippen LogP contribution is 2.16. The molecular formula is C16H20ClN3OS. The van der Waals surface area contributed by atoms with Crippen molar-refractivity contribution < 1.29 is 4.74 Å². The van der Waals surface area contributed by atoms with Gasteiger partial charge in [0.05, 0.1) is 13.1 Å². The van der Waals surface area contributed by atoms with E-state index in [1.54, 1.807) is 18.4 Å². The lowest BCUT2D eigenvalue weighted by Gasteiger charge is -2.17.